The van der Waals surface area contributed by atoms with Gasteiger partial charge in [0.15, 0.2) is 0 Å². The van der Waals surface area contributed by atoms with Crippen LogP contribution in [-0.2, 0) is 12.4 Å². The van der Waals surface area contributed by atoms with Gasteiger partial charge in [-0.15, -0.1) is 11.6 Å². The van der Waals surface area contributed by atoms with Crippen LogP contribution in [0, 0.1) is 12.7 Å². The number of alkyl halides is 1. The van der Waals surface area contributed by atoms with E-state index in [2.05, 4.69) is 30.0 Å². The van der Waals surface area contributed by atoms with Gasteiger partial charge in [0.2, 0.25) is 0 Å². The minimum atomic E-state index is -0.200. The Kier molecular flexibility index (Phi) is 4.43. The maximum absolute atomic E-state index is 12.9. The van der Waals surface area contributed by atoms with Crippen molar-refractivity contribution in [1.29, 1.82) is 0 Å². The molecule has 0 radical (unpaired) electrons. The summed E-state index contributed by atoms with van der Waals surface area (Å²) >= 11 is 5.86. The van der Waals surface area contributed by atoms with E-state index in [0.29, 0.717) is 5.88 Å². The van der Waals surface area contributed by atoms with E-state index in [4.69, 9.17) is 11.6 Å². The van der Waals surface area contributed by atoms with Crippen LogP contribution in [0.1, 0.15) is 16.7 Å². The van der Waals surface area contributed by atoms with E-state index in [-0.39, 0.29) is 5.82 Å². The van der Waals surface area contributed by atoms with Crippen LogP contribution in [0.5, 0.6) is 0 Å². The Labute approximate surface area is 118 Å². The van der Waals surface area contributed by atoms with Crippen LogP contribution >= 0.6 is 11.6 Å². The molecule has 0 fully saturated rings. The molecule has 0 amide bonds. The van der Waals surface area contributed by atoms with E-state index in [1.807, 2.05) is 19.2 Å². The van der Waals surface area contributed by atoms with Gasteiger partial charge in [0.25, 0.3) is 0 Å². The van der Waals surface area contributed by atoms with Crippen LogP contribution in [-0.4, -0.2) is 7.05 Å². The van der Waals surface area contributed by atoms with Crippen LogP contribution in [0.3, 0.4) is 0 Å². The maximum atomic E-state index is 12.9. The summed E-state index contributed by atoms with van der Waals surface area (Å²) in [5.74, 6) is 0.335. The molecule has 1 nitrogen and oxygen atoms in total. The number of aryl methyl sites for hydroxylation is 1. The molecule has 0 bridgehead atoms. The van der Waals surface area contributed by atoms with Gasteiger partial charge in [-0.3, -0.25) is 0 Å². The van der Waals surface area contributed by atoms with Gasteiger partial charge in [-0.05, 0) is 47.9 Å². The largest absolute Gasteiger partial charge is 0.370 e. The second kappa shape index (κ2) is 6.07. The van der Waals surface area contributed by atoms with E-state index in [1.54, 1.807) is 0 Å². The van der Waals surface area contributed by atoms with Crippen molar-refractivity contribution in [3.8, 4) is 0 Å². The number of anilines is 1. The van der Waals surface area contributed by atoms with E-state index in [9.17, 15) is 4.39 Å². The molecule has 3 heteroatoms. The lowest BCUT2D eigenvalue weighted by Crippen LogP contribution is -2.16. The molecule has 0 saturated carbocycles. The summed E-state index contributed by atoms with van der Waals surface area (Å²) in [7, 11) is 2.03. The third-order valence-electron chi connectivity index (χ3n) is 3.24. The van der Waals surface area contributed by atoms with Gasteiger partial charge in [0, 0.05) is 25.2 Å². The van der Waals surface area contributed by atoms with Crippen molar-refractivity contribution in [3.05, 3.63) is 65.0 Å². The topological polar surface area (TPSA) is 3.24 Å². The zero-order valence-corrected chi connectivity index (χ0v) is 11.9. The fraction of sp³-hybridized carbons (Fsp3) is 0.250. The zero-order valence-electron chi connectivity index (χ0n) is 11.2. The van der Waals surface area contributed by atoms with Crippen molar-refractivity contribution in [1.82, 2.24) is 0 Å². The van der Waals surface area contributed by atoms with E-state index in [0.717, 1.165) is 23.4 Å². The summed E-state index contributed by atoms with van der Waals surface area (Å²) < 4.78 is 12.9. The number of hydrogen-bond donors (Lipinski definition) is 0. The van der Waals surface area contributed by atoms with Crippen LogP contribution < -0.4 is 4.90 Å². The highest BCUT2D eigenvalue weighted by Crippen LogP contribution is 2.21. The summed E-state index contributed by atoms with van der Waals surface area (Å²) in [5.41, 5.74) is 4.57. The standard InChI is InChI=1S/C16H17ClFN/c1-12-9-16(8-5-14(12)10-17)19(2)11-13-3-6-15(18)7-4-13/h3-9H,10-11H2,1-2H3. The van der Waals surface area contributed by atoms with Gasteiger partial charge in [-0.2, -0.15) is 0 Å². The second-order valence-electron chi connectivity index (χ2n) is 4.73. The molecule has 19 heavy (non-hydrogen) atoms. The lowest BCUT2D eigenvalue weighted by molar-refractivity contribution is 0.627. The first kappa shape index (κ1) is 13.9. The number of rotatable bonds is 4. The molecule has 100 valence electrons. The van der Waals surface area contributed by atoms with Crippen molar-refractivity contribution in [3.63, 3.8) is 0 Å². The Bertz CT molecular complexity index is 551. The molecule has 2 rings (SSSR count). The molecular weight excluding hydrogens is 261 g/mol. The predicted molar refractivity (Wildman–Crippen MR) is 79.2 cm³/mol. The van der Waals surface area contributed by atoms with Gasteiger partial charge >= 0.3 is 0 Å². The van der Waals surface area contributed by atoms with Crippen LogP contribution in [0.2, 0.25) is 0 Å². The highest BCUT2D eigenvalue weighted by Gasteiger charge is 2.05. The quantitative estimate of drug-likeness (QED) is 0.743. The third-order valence-corrected chi connectivity index (χ3v) is 3.53. The Balaban J connectivity index is 2.13. The van der Waals surface area contributed by atoms with Crippen LogP contribution in [0.25, 0.3) is 0 Å². The van der Waals surface area contributed by atoms with Crippen molar-refractivity contribution in [2.24, 2.45) is 0 Å². The molecule has 0 atom stereocenters. The molecule has 0 aromatic heterocycles. The number of nitrogens with zero attached hydrogens (tertiary/aromatic N) is 1. The number of halogens is 2. The van der Waals surface area contributed by atoms with Gasteiger partial charge in [-0.1, -0.05) is 18.2 Å². The summed E-state index contributed by atoms with van der Waals surface area (Å²) in [6.07, 6.45) is 0. The predicted octanol–water partition coefficient (Wildman–Crippen LogP) is 4.51. The Morgan fingerprint density at radius 2 is 1.79 bits per heavy atom. The molecule has 2 aromatic carbocycles. The zero-order chi connectivity index (χ0) is 13.8. The molecule has 0 spiro atoms. The molecular formula is C16H17ClFN. The molecule has 0 N–H and O–H groups in total. The van der Waals surface area contributed by atoms with Gasteiger partial charge in [-0.25, -0.2) is 4.39 Å². The molecule has 0 unspecified atom stereocenters. The van der Waals surface area contributed by atoms with Crippen molar-refractivity contribution < 1.29 is 4.39 Å². The summed E-state index contributed by atoms with van der Waals surface area (Å²) in [6.45, 7) is 2.81. The average molecular weight is 278 g/mol. The first-order valence-corrected chi connectivity index (χ1v) is 6.74. The molecule has 0 saturated heterocycles. The van der Waals surface area contributed by atoms with Crippen molar-refractivity contribution in [2.75, 3.05) is 11.9 Å². The summed E-state index contributed by atoms with van der Waals surface area (Å²) in [4.78, 5) is 2.14. The molecule has 0 heterocycles. The summed E-state index contributed by atoms with van der Waals surface area (Å²) in [6, 6.07) is 12.8. The van der Waals surface area contributed by atoms with Gasteiger partial charge < -0.3 is 4.90 Å². The number of benzene rings is 2. The van der Waals surface area contributed by atoms with E-state index < -0.39 is 0 Å². The normalized spacial score (nSPS) is 10.5. The fourth-order valence-electron chi connectivity index (χ4n) is 2.02. The SMILES string of the molecule is Cc1cc(N(C)Cc2ccc(F)cc2)ccc1CCl. The Morgan fingerprint density at radius 1 is 1.11 bits per heavy atom. The fourth-order valence-corrected chi connectivity index (χ4v) is 2.32. The Morgan fingerprint density at radius 3 is 2.37 bits per heavy atom. The van der Waals surface area contributed by atoms with Crippen molar-refractivity contribution in [2.45, 2.75) is 19.3 Å². The minimum absolute atomic E-state index is 0.200. The maximum Gasteiger partial charge on any atom is 0.123 e. The molecule has 0 aliphatic rings. The summed E-state index contributed by atoms with van der Waals surface area (Å²) in [5, 5.41) is 0. The van der Waals surface area contributed by atoms with E-state index >= 15 is 0 Å². The van der Waals surface area contributed by atoms with Gasteiger partial charge in [0.05, 0.1) is 0 Å². The first-order valence-electron chi connectivity index (χ1n) is 6.21. The lowest BCUT2D eigenvalue weighted by Gasteiger charge is -2.20. The molecule has 0 aliphatic carbocycles. The highest BCUT2D eigenvalue weighted by atomic mass is 35.5. The highest BCUT2D eigenvalue weighted by molar-refractivity contribution is 6.17. The van der Waals surface area contributed by atoms with Crippen LogP contribution in [0.15, 0.2) is 42.5 Å². The lowest BCUT2D eigenvalue weighted by atomic mass is 10.1. The second-order valence-corrected chi connectivity index (χ2v) is 4.99. The average Bonchev–Trinajstić information content (AvgIpc) is 2.41. The minimum Gasteiger partial charge on any atom is -0.370 e. The third kappa shape index (κ3) is 3.48. The monoisotopic (exact) mass is 277 g/mol. The van der Waals surface area contributed by atoms with E-state index in [1.165, 1.54) is 17.7 Å². The van der Waals surface area contributed by atoms with Crippen molar-refractivity contribution >= 4 is 17.3 Å². The van der Waals surface area contributed by atoms with Gasteiger partial charge in [0.1, 0.15) is 5.82 Å². The van der Waals surface area contributed by atoms with Crippen LogP contribution in [0.4, 0.5) is 10.1 Å². The molecule has 0 aliphatic heterocycles. The Hall–Kier alpha value is -1.54. The first-order chi connectivity index (χ1) is 9.10. The smallest absolute Gasteiger partial charge is 0.123 e. The molecule has 2 aromatic rings. The number of hydrogen-bond acceptors (Lipinski definition) is 1.